The van der Waals surface area contributed by atoms with Crippen LogP contribution in [0.3, 0.4) is 0 Å². The van der Waals surface area contributed by atoms with Crippen LogP contribution in [0.1, 0.15) is 0 Å². The van der Waals surface area contributed by atoms with Crippen LogP contribution in [0.5, 0.6) is 5.75 Å². The largest absolute Gasteiger partial charge is 0.421 e. The second-order valence-corrected chi connectivity index (χ2v) is 4.07. The second kappa shape index (κ2) is 4.97. The zero-order valence-corrected chi connectivity index (χ0v) is 10.6. The first-order chi connectivity index (χ1) is 9.78. The van der Waals surface area contributed by atoms with Gasteiger partial charge < -0.3 is 4.74 Å². The average molecular weight is 265 g/mol. The van der Waals surface area contributed by atoms with Gasteiger partial charge in [-0.15, -0.1) is 10.2 Å². The molecule has 0 aliphatic heterocycles. The van der Waals surface area contributed by atoms with Gasteiger partial charge in [0.15, 0.2) is 11.3 Å². The van der Waals surface area contributed by atoms with Gasteiger partial charge in [-0.1, -0.05) is 30.8 Å². The quantitative estimate of drug-likeness (QED) is 0.415. The number of para-hydroxylation sites is 1. The number of carbonyl (C=O) groups is 1. The lowest BCUT2D eigenvalue weighted by Gasteiger charge is -2.00. The van der Waals surface area contributed by atoms with E-state index in [0.29, 0.717) is 16.8 Å². The molecule has 0 radical (unpaired) electrons. The molecule has 0 saturated carbocycles. The van der Waals surface area contributed by atoms with Crippen LogP contribution in [0.4, 0.5) is 0 Å². The van der Waals surface area contributed by atoms with E-state index >= 15 is 0 Å². The van der Waals surface area contributed by atoms with Crippen LogP contribution in [0.2, 0.25) is 0 Å². The molecule has 0 unspecified atom stereocenters. The molecular weight excluding hydrogens is 254 g/mol. The summed E-state index contributed by atoms with van der Waals surface area (Å²) in [6, 6.07) is 14.8. The topological polar surface area (TPSA) is 57.0 Å². The molecule has 3 aromatic rings. The molecule has 0 N–H and O–H groups in total. The van der Waals surface area contributed by atoms with Crippen molar-refractivity contribution >= 4 is 17.0 Å². The zero-order chi connectivity index (χ0) is 13.9. The van der Waals surface area contributed by atoms with E-state index in [9.17, 15) is 4.79 Å². The number of benzene rings is 2. The van der Waals surface area contributed by atoms with Crippen molar-refractivity contribution in [1.82, 2.24) is 15.0 Å². The maximum Gasteiger partial charge on any atom is 0.335 e. The molecular formula is C15H11N3O2. The molecule has 20 heavy (non-hydrogen) atoms. The number of ether oxygens (including phenoxy) is 1. The lowest BCUT2D eigenvalue weighted by atomic mass is 10.3. The van der Waals surface area contributed by atoms with Crippen LogP contribution in [-0.4, -0.2) is 21.0 Å². The van der Waals surface area contributed by atoms with Crippen molar-refractivity contribution in [3.63, 3.8) is 0 Å². The summed E-state index contributed by atoms with van der Waals surface area (Å²) in [5.74, 6) is -0.152. The minimum Gasteiger partial charge on any atom is -0.421 e. The van der Waals surface area contributed by atoms with Gasteiger partial charge in [0.1, 0.15) is 5.52 Å². The van der Waals surface area contributed by atoms with Gasteiger partial charge in [-0.05, 0) is 24.3 Å². The molecule has 1 aromatic heterocycles. The van der Waals surface area contributed by atoms with E-state index in [1.165, 1.54) is 4.80 Å². The Morgan fingerprint density at radius 3 is 2.65 bits per heavy atom. The van der Waals surface area contributed by atoms with Crippen molar-refractivity contribution in [2.24, 2.45) is 0 Å². The molecule has 5 nitrogen and oxygen atoms in total. The monoisotopic (exact) mass is 265 g/mol. The average Bonchev–Trinajstić information content (AvgIpc) is 2.93. The molecule has 0 spiro atoms. The van der Waals surface area contributed by atoms with Gasteiger partial charge in [0.25, 0.3) is 0 Å². The van der Waals surface area contributed by atoms with E-state index in [4.69, 9.17) is 4.74 Å². The lowest BCUT2D eigenvalue weighted by molar-refractivity contribution is -0.128. The van der Waals surface area contributed by atoms with E-state index in [2.05, 4.69) is 16.8 Å². The Bertz CT molecular complexity index is 778. The normalized spacial score (nSPS) is 10.4. The minimum atomic E-state index is -0.522. The first-order valence-electron chi connectivity index (χ1n) is 6.03. The number of hydrogen-bond acceptors (Lipinski definition) is 4. The van der Waals surface area contributed by atoms with Gasteiger partial charge >= 0.3 is 5.97 Å². The predicted octanol–water partition coefficient (Wildman–Crippen LogP) is 2.51. The number of esters is 1. The third kappa shape index (κ3) is 2.16. The molecule has 1 heterocycles. The summed E-state index contributed by atoms with van der Waals surface area (Å²) in [6.45, 7) is 3.37. The highest BCUT2D eigenvalue weighted by molar-refractivity contribution is 5.88. The van der Waals surface area contributed by atoms with Gasteiger partial charge in [0, 0.05) is 6.08 Å². The fraction of sp³-hybridized carbons (Fsp3) is 0. The Hall–Kier alpha value is -2.95. The smallest absolute Gasteiger partial charge is 0.335 e. The lowest BCUT2D eigenvalue weighted by Crippen LogP contribution is -2.03. The summed E-state index contributed by atoms with van der Waals surface area (Å²) in [6.07, 6.45) is 1.11. The van der Waals surface area contributed by atoms with Crippen LogP contribution in [0.15, 0.2) is 61.2 Å². The molecule has 0 aliphatic carbocycles. The Kier molecular flexibility index (Phi) is 3.01. The first-order valence-corrected chi connectivity index (χ1v) is 6.03. The molecule has 0 aliphatic rings. The minimum absolute atomic E-state index is 0.370. The maximum atomic E-state index is 11.3. The number of nitrogens with zero attached hydrogens (tertiary/aromatic N) is 3. The molecule has 0 bridgehead atoms. The summed E-state index contributed by atoms with van der Waals surface area (Å²) in [7, 11) is 0. The highest BCUT2D eigenvalue weighted by Gasteiger charge is 2.11. The van der Waals surface area contributed by atoms with Gasteiger partial charge in [0.2, 0.25) is 0 Å². The molecule has 0 amide bonds. The molecule has 2 aromatic carbocycles. The van der Waals surface area contributed by atoms with E-state index in [1.807, 2.05) is 36.4 Å². The molecule has 0 saturated heterocycles. The predicted molar refractivity (Wildman–Crippen MR) is 74.7 cm³/mol. The Balaban J connectivity index is 2.09. The van der Waals surface area contributed by atoms with E-state index in [-0.39, 0.29) is 0 Å². The molecule has 98 valence electrons. The van der Waals surface area contributed by atoms with E-state index in [0.717, 1.165) is 11.8 Å². The van der Waals surface area contributed by atoms with Crippen molar-refractivity contribution in [3.8, 4) is 11.4 Å². The Labute approximate surface area is 115 Å². The fourth-order valence-electron chi connectivity index (χ4n) is 1.82. The zero-order valence-electron chi connectivity index (χ0n) is 10.6. The number of aromatic nitrogens is 3. The van der Waals surface area contributed by atoms with Gasteiger partial charge in [-0.3, -0.25) is 0 Å². The van der Waals surface area contributed by atoms with Gasteiger partial charge in [0.05, 0.1) is 5.69 Å². The standard InChI is InChI=1S/C15H11N3O2/c1-2-14(19)20-13-10-6-9-12-15(13)17-18(16-12)11-7-4-3-5-8-11/h2-10H,1H2. The van der Waals surface area contributed by atoms with E-state index in [1.54, 1.807) is 12.1 Å². The molecule has 5 heteroatoms. The summed E-state index contributed by atoms with van der Waals surface area (Å²) in [4.78, 5) is 12.8. The third-order valence-electron chi connectivity index (χ3n) is 2.74. The van der Waals surface area contributed by atoms with Crippen molar-refractivity contribution in [1.29, 1.82) is 0 Å². The van der Waals surface area contributed by atoms with Crippen LogP contribution >= 0.6 is 0 Å². The maximum absolute atomic E-state index is 11.3. The van der Waals surface area contributed by atoms with Crippen LogP contribution in [-0.2, 0) is 4.79 Å². The molecule has 0 fully saturated rings. The number of fused-ring (bicyclic) bond motifs is 1. The summed E-state index contributed by atoms with van der Waals surface area (Å²) in [5, 5.41) is 8.73. The summed E-state index contributed by atoms with van der Waals surface area (Å²) < 4.78 is 5.15. The van der Waals surface area contributed by atoms with Gasteiger partial charge in [-0.2, -0.15) is 4.80 Å². The van der Waals surface area contributed by atoms with Crippen LogP contribution < -0.4 is 4.74 Å². The second-order valence-electron chi connectivity index (χ2n) is 4.07. The van der Waals surface area contributed by atoms with Crippen LogP contribution in [0.25, 0.3) is 16.7 Å². The van der Waals surface area contributed by atoms with Crippen molar-refractivity contribution < 1.29 is 9.53 Å². The fourth-order valence-corrected chi connectivity index (χ4v) is 1.82. The highest BCUT2D eigenvalue weighted by atomic mass is 16.5. The first kappa shape index (κ1) is 12.1. The van der Waals surface area contributed by atoms with Crippen molar-refractivity contribution in [3.05, 3.63) is 61.2 Å². The summed E-state index contributed by atoms with van der Waals surface area (Å²) >= 11 is 0. The third-order valence-corrected chi connectivity index (χ3v) is 2.74. The number of carbonyl (C=O) groups excluding carboxylic acids is 1. The number of hydrogen-bond donors (Lipinski definition) is 0. The Morgan fingerprint density at radius 1 is 1.10 bits per heavy atom. The Morgan fingerprint density at radius 2 is 1.90 bits per heavy atom. The van der Waals surface area contributed by atoms with Crippen LogP contribution in [0, 0.1) is 0 Å². The molecule has 0 atom stereocenters. The van der Waals surface area contributed by atoms with Crippen molar-refractivity contribution in [2.75, 3.05) is 0 Å². The SMILES string of the molecule is C=CC(=O)Oc1cccc2nn(-c3ccccc3)nc12. The molecule has 3 rings (SSSR count). The van der Waals surface area contributed by atoms with Crippen molar-refractivity contribution in [2.45, 2.75) is 0 Å². The summed E-state index contributed by atoms with van der Waals surface area (Å²) in [5.41, 5.74) is 2.03. The van der Waals surface area contributed by atoms with Gasteiger partial charge in [-0.25, -0.2) is 4.79 Å². The van der Waals surface area contributed by atoms with E-state index < -0.39 is 5.97 Å². The number of rotatable bonds is 3. The highest BCUT2D eigenvalue weighted by Crippen LogP contribution is 2.23.